The van der Waals surface area contributed by atoms with E-state index in [9.17, 15) is 0 Å². The van der Waals surface area contributed by atoms with Crippen molar-refractivity contribution in [1.29, 1.82) is 0 Å². The maximum absolute atomic E-state index is 5.85. The van der Waals surface area contributed by atoms with Crippen LogP contribution in [0.25, 0.3) is 11.0 Å². The van der Waals surface area contributed by atoms with E-state index in [0.717, 1.165) is 36.2 Å². The molecular weight excluding hydrogens is 250 g/mol. The fraction of sp³-hybridized carbons (Fsp3) is 0.312. The number of nitrogens with zero attached hydrogens (tertiary/aromatic N) is 2. The molecule has 0 spiro atoms. The highest BCUT2D eigenvalue weighted by molar-refractivity contribution is 5.77. The molecule has 104 valence electrons. The van der Waals surface area contributed by atoms with Crippen LogP contribution in [0.1, 0.15) is 25.1 Å². The van der Waals surface area contributed by atoms with Crippen molar-refractivity contribution in [3.05, 3.63) is 54.6 Å². The van der Waals surface area contributed by atoms with Gasteiger partial charge in [0.2, 0.25) is 0 Å². The van der Waals surface area contributed by atoms with Gasteiger partial charge in [-0.2, -0.15) is 5.10 Å². The molecule has 1 aromatic carbocycles. The first kappa shape index (κ1) is 12.9. The zero-order valence-electron chi connectivity index (χ0n) is 11.6. The first-order valence-electron chi connectivity index (χ1n) is 7.02. The number of para-hydroxylation sites is 1. The monoisotopic (exact) mass is 269 g/mol. The van der Waals surface area contributed by atoms with Gasteiger partial charge in [-0.25, -0.2) is 0 Å². The van der Waals surface area contributed by atoms with Gasteiger partial charge in [0.05, 0.1) is 6.04 Å². The van der Waals surface area contributed by atoms with Crippen molar-refractivity contribution in [2.45, 2.75) is 25.9 Å². The summed E-state index contributed by atoms with van der Waals surface area (Å²) in [5.74, 6) is 0.991. The molecule has 0 aliphatic rings. The maximum atomic E-state index is 5.85. The molecule has 3 aromatic rings. The van der Waals surface area contributed by atoms with Gasteiger partial charge in [-0.1, -0.05) is 18.2 Å². The molecule has 0 amide bonds. The summed E-state index contributed by atoms with van der Waals surface area (Å²) in [5, 5.41) is 8.84. The quantitative estimate of drug-likeness (QED) is 0.698. The summed E-state index contributed by atoms with van der Waals surface area (Å²) >= 11 is 0. The number of fused-ring (bicyclic) bond motifs is 1. The number of aryl methyl sites for hydroxylation is 1. The second-order valence-corrected chi connectivity index (χ2v) is 4.99. The molecule has 1 atom stereocenters. The Hall–Kier alpha value is -2.07. The Morgan fingerprint density at radius 1 is 1.30 bits per heavy atom. The number of aromatic nitrogens is 2. The highest BCUT2D eigenvalue weighted by atomic mass is 16.3. The van der Waals surface area contributed by atoms with E-state index in [1.54, 1.807) is 0 Å². The van der Waals surface area contributed by atoms with Crippen LogP contribution in [0.2, 0.25) is 0 Å². The van der Waals surface area contributed by atoms with Crippen LogP contribution in [0.3, 0.4) is 0 Å². The number of benzene rings is 1. The predicted molar refractivity (Wildman–Crippen MR) is 79.5 cm³/mol. The molecule has 0 radical (unpaired) electrons. The van der Waals surface area contributed by atoms with Gasteiger partial charge in [0, 0.05) is 24.3 Å². The van der Waals surface area contributed by atoms with Gasteiger partial charge < -0.3 is 9.73 Å². The van der Waals surface area contributed by atoms with E-state index in [2.05, 4.69) is 29.5 Å². The highest BCUT2D eigenvalue weighted by Gasteiger charge is 2.10. The molecule has 4 heteroatoms. The summed E-state index contributed by atoms with van der Waals surface area (Å²) in [7, 11) is 0. The van der Waals surface area contributed by atoms with Crippen molar-refractivity contribution in [3.63, 3.8) is 0 Å². The van der Waals surface area contributed by atoms with Crippen molar-refractivity contribution in [1.82, 2.24) is 15.1 Å². The molecule has 1 N–H and O–H groups in total. The third kappa shape index (κ3) is 2.91. The van der Waals surface area contributed by atoms with Crippen molar-refractivity contribution in [2.24, 2.45) is 0 Å². The average molecular weight is 269 g/mol. The normalized spacial score (nSPS) is 12.8. The second-order valence-electron chi connectivity index (χ2n) is 4.99. The molecular formula is C16H19N3O. The van der Waals surface area contributed by atoms with Gasteiger partial charge in [-0.3, -0.25) is 4.68 Å². The molecule has 0 aliphatic carbocycles. The van der Waals surface area contributed by atoms with E-state index in [1.165, 1.54) is 0 Å². The Bertz CT molecular complexity index is 624. The number of rotatable bonds is 6. The van der Waals surface area contributed by atoms with Gasteiger partial charge in [-0.05, 0) is 38.1 Å². The Morgan fingerprint density at radius 2 is 2.20 bits per heavy atom. The van der Waals surface area contributed by atoms with Gasteiger partial charge in [0.25, 0.3) is 0 Å². The molecule has 3 rings (SSSR count). The first-order chi connectivity index (χ1) is 9.83. The van der Waals surface area contributed by atoms with Crippen LogP contribution in [0.15, 0.2) is 53.2 Å². The summed E-state index contributed by atoms with van der Waals surface area (Å²) in [6.07, 6.45) is 4.85. The Balaban J connectivity index is 1.52. The largest absolute Gasteiger partial charge is 0.459 e. The van der Waals surface area contributed by atoms with Crippen LogP contribution >= 0.6 is 0 Å². The summed E-state index contributed by atoms with van der Waals surface area (Å²) in [5.41, 5.74) is 0.952. The zero-order valence-corrected chi connectivity index (χ0v) is 11.6. The van der Waals surface area contributed by atoms with E-state index in [4.69, 9.17) is 4.42 Å². The molecule has 0 saturated heterocycles. The number of furan rings is 1. The van der Waals surface area contributed by atoms with Crippen LogP contribution < -0.4 is 5.32 Å². The first-order valence-corrected chi connectivity index (χ1v) is 7.02. The van der Waals surface area contributed by atoms with Crippen LogP contribution in [-0.2, 0) is 6.54 Å². The van der Waals surface area contributed by atoms with Gasteiger partial charge in [0.15, 0.2) is 0 Å². The Labute approximate surface area is 118 Å². The third-order valence-electron chi connectivity index (χ3n) is 3.45. The van der Waals surface area contributed by atoms with E-state index in [0.29, 0.717) is 0 Å². The number of hydrogen-bond donors (Lipinski definition) is 1. The topological polar surface area (TPSA) is 43.0 Å². The smallest absolute Gasteiger partial charge is 0.134 e. The summed E-state index contributed by atoms with van der Waals surface area (Å²) in [4.78, 5) is 0. The lowest BCUT2D eigenvalue weighted by molar-refractivity contribution is 0.438. The lowest BCUT2D eigenvalue weighted by atomic mass is 10.2. The maximum Gasteiger partial charge on any atom is 0.134 e. The number of hydrogen-bond acceptors (Lipinski definition) is 3. The number of nitrogens with one attached hydrogen (secondary N) is 1. The van der Waals surface area contributed by atoms with E-state index in [1.807, 2.05) is 41.3 Å². The summed E-state index contributed by atoms with van der Waals surface area (Å²) in [6, 6.07) is 12.4. The van der Waals surface area contributed by atoms with Crippen molar-refractivity contribution in [2.75, 3.05) is 6.54 Å². The third-order valence-corrected chi connectivity index (χ3v) is 3.45. The molecule has 4 nitrogen and oxygen atoms in total. The lowest BCUT2D eigenvalue weighted by Gasteiger charge is -2.10. The minimum absolute atomic E-state index is 0.222. The average Bonchev–Trinajstić information content (AvgIpc) is 3.12. The second kappa shape index (κ2) is 5.92. The van der Waals surface area contributed by atoms with Gasteiger partial charge in [0.1, 0.15) is 11.3 Å². The van der Waals surface area contributed by atoms with Crippen LogP contribution in [-0.4, -0.2) is 16.3 Å². The standard InChI is InChI=1S/C16H19N3O/c1-13(17-8-4-10-19-11-5-9-18-19)16-12-14-6-2-3-7-15(14)20-16/h2-3,5-7,9,11-13,17H,4,8,10H2,1H3. The van der Waals surface area contributed by atoms with Gasteiger partial charge in [-0.15, -0.1) is 0 Å². The van der Waals surface area contributed by atoms with Gasteiger partial charge >= 0.3 is 0 Å². The SMILES string of the molecule is CC(NCCCn1cccn1)c1cc2ccccc2o1. The minimum atomic E-state index is 0.222. The molecule has 2 aromatic heterocycles. The lowest BCUT2D eigenvalue weighted by Crippen LogP contribution is -2.20. The minimum Gasteiger partial charge on any atom is -0.459 e. The van der Waals surface area contributed by atoms with Crippen molar-refractivity contribution < 1.29 is 4.42 Å². The summed E-state index contributed by atoms with van der Waals surface area (Å²) < 4.78 is 7.80. The molecule has 0 saturated carbocycles. The Kier molecular flexibility index (Phi) is 3.83. The van der Waals surface area contributed by atoms with Crippen LogP contribution in [0, 0.1) is 0 Å². The van der Waals surface area contributed by atoms with Crippen LogP contribution in [0.5, 0.6) is 0 Å². The predicted octanol–water partition coefficient (Wildman–Crippen LogP) is 3.37. The zero-order chi connectivity index (χ0) is 13.8. The summed E-state index contributed by atoms with van der Waals surface area (Å²) in [6.45, 7) is 4.01. The van der Waals surface area contributed by atoms with E-state index in [-0.39, 0.29) is 6.04 Å². The van der Waals surface area contributed by atoms with E-state index < -0.39 is 0 Å². The molecule has 1 unspecified atom stereocenters. The van der Waals surface area contributed by atoms with Crippen molar-refractivity contribution >= 4 is 11.0 Å². The molecule has 0 bridgehead atoms. The van der Waals surface area contributed by atoms with Crippen LogP contribution in [0.4, 0.5) is 0 Å². The Morgan fingerprint density at radius 3 is 3.00 bits per heavy atom. The molecule has 0 aliphatic heterocycles. The van der Waals surface area contributed by atoms with E-state index >= 15 is 0 Å². The van der Waals surface area contributed by atoms with Crippen molar-refractivity contribution in [3.8, 4) is 0 Å². The fourth-order valence-corrected chi connectivity index (χ4v) is 2.31. The highest BCUT2D eigenvalue weighted by Crippen LogP contribution is 2.23. The molecule has 20 heavy (non-hydrogen) atoms. The molecule has 2 heterocycles. The fourth-order valence-electron chi connectivity index (χ4n) is 2.31. The molecule has 0 fully saturated rings.